The molecule has 2 fully saturated rings. The summed E-state index contributed by atoms with van der Waals surface area (Å²) in [6.45, 7) is 4.12. The van der Waals surface area contributed by atoms with E-state index in [1.54, 1.807) is 5.57 Å². The van der Waals surface area contributed by atoms with E-state index < -0.39 is 0 Å². The average Bonchev–Trinajstić information content (AvgIpc) is 2.74. The molecule has 2 rings (SSSR count). The number of carbonyl (C=O) groups is 1. The highest BCUT2D eigenvalue weighted by atomic mass is 16.1. The lowest BCUT2D eigenvalue weighted by Gasteiger charge is -2.21. The molecule has 2 aliphatic carbocycles. The molecule has 72 valence electrons. The van der Waals surface area contributed by atoms with Gasteiger partial charge in [0, 0.05) is 12.3 Å². The summed E-state index contributed by atoms with van der Waals surface area (Å²) in [5, 5.41) is 0. The van der Waals surface area contributed by atoms with Crippen molar-refractivity contribution in [2.45, 2.75) is 39.5 Å². The molecular formula is C12H18O. The Morgan fingerprint density at radius 1 is 1.54 bits per heavy atom. The maximum atomic E-state index is 11.6. The van der Waals surface area contributed by atoms with Crippen molar-refractivity contribution in [1.29, 1.82) is 0 Å². The van der Waals surface area contributed by atoms with Gasteiger partial charge in [0.2, 0.25) is 0 Å². The molecule has 0 aromatic heterocycles. The second-order valence-corrected chi connectivity index (χ2v) is 4.42. The Kier molecular flexibility index (Phi) is 2.27. The van der Waals surface area contributed by atoms with Gasteiger partial charge in [-0.05, 0) is 38.0 Å². The van der Waals surface area contributed by atoms with Crippen molar-refractivity contribution in [2.24, 2.45) is 17.8 Å². The van der Waals surface area contributed by atoms with Crippen molar-refractivity contribution in [3.05, 3.63) is 11.6 Å². The first-order valence-corrected chi connectivity index (χ1v) is 5.44. The predicted octanol–water partition coefficient (Wildman–Crippen LogP) is 2.96. The summed E-state index contributed by atoms with van der Waals surface area (Å²) in [4.78, 5) is 11.6. The number of ketones is 1. The zero-order valence-corrected chi connectivity index (χ0v) is 8.55. The number of hydrogen-bond donors (Lipinski definition) is 0. The van der Waals surface area contributed by atoms with E-state index in [2.05, 4.69) is 13.0 Å². The van der Waals surface area contributed by atoms with Crippen molar-refractivity contribution in [1.82, 2.24) is 0 Å². The smallest absolute Gasteiger partial charge is 0.136 e. The van der Waals surface area contributed by atoms with Gasteiger partial charge in [0.25, 0.3) is 0 Å². The lowest BCUT2D eigenvalue weighted by Crippen LogP contribution is -2.20. The van der Waals surface area contributed by atoms with Crippen molar-refractivity contribution in [2.75, 3.05) is 0 Å². The number of carbonyl (C=O) groups excluding carboxylic acids is 1. The molecule has 1 heteroatoms. The molecule has 0 aromatic rings. The number of allylic oxidation sites excluding steroid dienone is 2. The number of Topliss-reactive ketones (excluding diaryl/α,β-unsaturated/α-hetero) is 1. The summed E-state index contributed by atoms with van der Waals surface area (Å²) in [5.74, 6) is 2.38. The molecule has 1 nitrogen and oxygen atoms in total. The van der Waals surface area contributed by atoms with Crippen LogP contribution in [0.15, 0.2) is 11.6 Å². The highest BCUT2D eigenvalue weighted by molar-refractivity contribution is 5.81. The molecule has 0 amide bonds. The van der Waals surface area contributed by atoms with Crippen LogP contribution >= 0.6 is 0 Å². The Morgan fingerprint density at radius 3 is 2.77 bits per heavy atom. The molecule has 0 aromatic carbocycles. The molecule has 2 bridgehead atoms. The minimum Gasteiger partial charge on any atom is -0.299 e. The van der Waals surface area contributed by atoms with Gasteiger partial charge in [-0.1, -0.05) is 18.6 Å². The fourth-order valence-corrected chi connectivity index (χ4v) is 3.13. The van der Waals surface area contributed by atoms with Crippen LogP contribution in [0.3, 0.4) is 0 Å². The normalized spacial score (nSPS) is 40.2. The van der Waals surface area contributed by atoms with Crippen molar-refractivity contribution < 1.29 is 4.79 Å². The summed E-state index contributed by atoms with van der Waals surface area (Å²) in [6.07, 6.45) is 6.64. The van der Waals surface area contributed by atoms with Gasteiger partial charge in [-0.2, -0.15) is 0 Å². The second kappa shape index (κ2) is 3.28. The summed E-state index contributed by atoms with van der Waals surface area (Å²) in [5.41, 5.74) is 1.62. The van der Waals surface area contributed by atoms with Crippen LogP contribution in [-0.4, -0.2) is 5.78 Å². The van der Waals surface area contributed by atoms with Crippen LogP contribution < -0.4 is 0 Å². The Balaban J connectivity index is 2.07. The van der Waals surface area contributed by atoms with Crippen molar-refractivity contribution in [3.63, 3.8) is 0 Å². The third-order valence-electron chi connectivity index (χ3n) is 3.85. The average molecular weight is 178 g/mol. The van der Waals surface area contributed by atoms with E-state index in [4.69, 9.17) is 0 Å². The van der Waals surface area contributed by atoms with E-state index in [0.29, 0.717) is 17.6 Å². The fraction of sp³-hybridized carbons (Fsp3) is 0.750. The minimum atomic E-state index is 0.415. The maximum absolute atomic E-state index is 11.6. The molecule has 0 heterocycles. The summed E-state index contributed by atoms with van der Waals surface area (Å²) >= 11 is 0. The van der Waals surface area contributed by atoms with E-state index in [-0.39, 0.29) is 0 Å². The third kappa shape index (κ3) is 1.34. The van der Waals surface area contributed by atoms with Gasteiger partial charge in [-0.3, -0.25) is 4.79 Å². The minimum absolute atomic E-state index is 0.415. The van der Waals surface area contributed by atoms with E-state index in [1.165, 1.54) is 12.8 Å². The Labute approximate surface area is 80.2 Å². The van der Waals surface area contributed by atoms with Crippen LogP contribution in [0.5, 0.6) is 0 Å². The van der Waals surface area contributed by atoms with Gasteiger partial charge in [0.15, 0.2) is 0 Å². The van der Waals surface area contributed by atoms with Gasteiger partial charge in [-0.15, -0.1) is 0 Å². The lowest BCUT2D eigenvalue weighted by molar-refractivity contribution is -0.123. The first kappa shape index (κ1) is 8.98. The zero-order chi connectivity index (χ0) is 9.42. The summed E-state index contributed by atoms with van der Waals surface area (Å²) < 4.78 is 0. The molecule has 2 saturated carbocycles. The van der Waals surface area contributed by atoms with Gasteiger partial charge in [-0.25, -0.2) is 0 Å². The second-order valence-electron chi connectivity index (χ2n) is 4.42. The number of hydrogen-bond acceptors (Lipinski definition) is 1. The molecule has 3 atom stereocenters. The van der Waals surface area contributed by atoms with Crippen LogP contribution in [0, 0.1) is 17.8 Å². The summed E-state index contributed by atoms with van der Waals surface area (Å²) in [6, 6.07) is 0. The van der Waals surface area contributed by atoms with Gasteiger partial charge >= 0.3 is 0 Å². The monoisotopic (exact) mass is 178 g/mol. The van der Waals surface area contributed by atoms with Crippen LogP contribution in [0.2, 0.25) is 0 Å². The molecule has 0 N–H and O–H groups in total. The first-order chi connectivity index (χ1) is 6.26. The molecule has 0 aliphatic heterocycles. The predicted molar refractivity (Wildman–Crippen MR) is 53.4 cm³/mol. The molecule has 0 spiro atoms. The Bertz CT molecular complexity index is 252. The lowest BCUT2D eigenvalue weighted by atomic mass is 9.82. The molecule has 13 heavy (non-hydrogen) atoms. The van der Waals surface area contributed by atoms with Crippen LogP contribution in [-0.2, 0) is 4.79 Å². The quantitative estimate of drug-likeness (QED) is 0.594. The van der Waals surface area contributed by atoms with E-state index in [9.17, 15) is 4.79 Å². The third-order valence-corrected chi connectivity index (χ3v) is 3.85. The zero-order valence-electron chi connectivity index (χ0n) is 8.55. The van der Waals surface area contributed by atoms with Crippen LogP contribution in [0.1, 0.15) is 39.5 Å². The van der Waals surface area contributed by atoms with Crippen molar-refractivity contribution in [3.8, 4) is 0 Å². The van der Waals surface area contributed by atoms with E-state index in [0.717, 1.165) is 18.8 Å². The SMILES string of the molecule is CC=C1C[C@@H]2C[C@H]1CC2C(=O)CC. The van der Waals surface area contributed by atoms with Crippen LogP contribution in [0.25, 0.3) is 0 Å². The van der Waals surface area contributed by atoms with E-state index >= 15 is 0 Å². The van der Waals surface area contributed by atoms with Gasteiger partial charge < -0.3 is 0 Å². The molecule has 0 saturated heterocycles. The standard InChI is InChI=1S/C12H18O/c1-3-8-5-10-6-9(8)7-11(10)12(13)4-2/h3,9-11H,4-7H2,1-2H3/t9-,10+,11?/m0/s1. The number of fused-ring (bicyclic) bond motifs is 2. The van der Waals surface area contributed by atoms with Crippen LogP contribution in [0.4, 0.5) is 0 Å². The largest absolute Gasteiger partial charge is 0.299 e. The molecular weight excluding hydrogens is 160 g/mol. The maximum Gasteiger partial charge on any atom is 0.136 e. The molecule has 0 radical (unpaired) electrons. The Hall–Kier alpha value is -0.590. The number of rotatable bonds is 2. The first-order valence-electron chi connectivity index (χ1n) is 5.44. The summed E-state index contributed by atoms with van der Waals surface area (Å²) in [7, 11) is 0. The fourth-order valence-electron chi connectivity index (χ4n) is 3.13. The van der Waals surface area contributed by atoms with Crippen molar-refractivity contribution >= 4 is 5.78 Å². The van der Waals surface area contributed by atoms with Gasteiger partial charge in [0.05, 0.1) is 0 Å². The topological polar surface area (TPSA) is 17.1 Å². The molecule has 2 aliphatic rings. The molecule has 1 unspecified atom stereocenters. The van der Waals surface area contributed by atoms with Gasteiger partial charge in [0.1, 0.15) is 5.78 Å². The Morgan fingerprint density at radius 2 is 2.31 bits per heavy atom. The van der Waals surface area contributed by atoms with E-state index in [1.807, 2.05) is 6.92 Å². The highest BCUT2D eigenvalue weighted by Gasteiger charge is 2.44. The highest BCUT2D eigenvalue weighted by Crippen LogP contribution is 2.51.